The van der Waals surface area contributed by atoms with Crippen molar-refractivity contribution in [2.45, 2.75) is 6.04 Å². The maximum Gasteiger partial charge on any atom is 0.327 e. The van der Waals surface area contributed by atoms with Crippen LogP contribution in [0.25, 0.3) is 0 Å². The Morgan fingerprint density at radius 1 is 1.50 bits per heavy atom. The highest BCUT2D eigenvalue weighted by Gasteiger charge is 2.36. The van der Waals surface area contributed by atoms with Crippen LogP contribution in [0.1, 0.15) is 10.4 Å². The van der Waals surface area contributed by atoms with Crippen LogP contribution in [0.2, 0.25) is 0 Å². The largest absolute Gasteiger partial charge is 0.480 e. The number of non-ortho nitro benzene ring substituents is 1. The topological polar surface area (TPSA) is 101 Å². The number of halogens is 1. The van der Waals surface area contributed by atoms with Gasteiger partial charge >= 0.3 is 5.97 Å². The van der Waals surface area contributed by atoms with Gasteiger partial charge in [0, 0.05) is 17.9 Å². The lowest BCUT2D eigenvalue weighted by Crippen LogP contribution is -2.42. The molecule has 1 fully saturated rings. The van der Waals surface area contributed by atoms with Crippen molar-refractivity contribution in [2.75, 3.05) is 11.6 Å². The van der Waals surface area contributed by atoms with Gasteiger partial charge in [-0.05, 0) is 6.07 Å². The Bertz CT molecular complexity index is 594. The number of carboxylic acids is 1. The number of amides is 1. The third-order valence-corrected chi connectivity index (χ3v) is 3.83. The monoisotopic (exact) mass is 300 g/mol. The molecule has 9 heteroatoms. The Labute approximate surface area is 116 Å². The molecule has 1 aliphatic heterocycles. The standard InChI is InChI=1S/C11H9FN2O5S/c12-8-2-1-6(14(18)19)3-7(8)10(15)13-5-20-4-9(13)11(16)17/h1-3,9H,4-5H2,(H,16,17)/t9-/m0/s1. The van der Waals surface area contributed by atoms with Crippen molar-refractivity contribution in [3.05, 3.63) is 39.7 Å². The first-order valence-corrected chi connectivity index (χ1v) is 6.62. The second kappa shape index (κ2) is 5.45. The molecule has 2 rings (SSSR count). The molecule has 106 valence electrons. The fraction of sp³-hybridized carbons (Fsp3) is 0.273. The van der Waals surface area contributed by atoms with E-state index in [1.807, 2.05) is 0 Å². The second-order valence-electron chi connectivity index (χ2n) is 4.05. The van der Waals surface area contributed by atoms with Crippen LogP contribution in [0.4, 0.5) is 10.1 Å². The molecule has 0 spiro atoms. The number of carbonyl (C=O) groups excluding carboxylic acids is 1. The highest BCUT2D eigenvalue weighted by molar-refractivity contribution is 7.99. The predicted octanol–water partition coefficient (Wildman–Crippen LogP) is 1.33. The van der Waals surface area contributed by atoms with E-state index in [2.05, 4.69) is 0 Å². The zero-order chi connectivity index (χ0) is 14.9. The Balaban J connectivity index is 2.35. The smallest absolute Gasteiger partial charge is 0.327 e. The molecule has 0 aromatic heterocycles. The van der Waals surface area contributed by atoms with E-state index in [4.69, 9.17) is 5.11 Å². The Kier molecular flexibility index (Phi) is 3.89. The van der Waals surface area contributed by atoms with Gasteiger partial charge in [-0.2, -0.15) is 0 Å². The SMILES string of the molecule is O=C(O)[C@@H]1CSCN1C(=O)c1cc([N+](=O)[O-])ccc1F. The first-order valence-electron chi connectivity index (χ1n) is 5.47. The molecule has 20 heavy (non-hydrogen) atoms. The average molecular weight is 300 g/mol. The van der Waals surface area contributed by atoms with Gasteiger partial charge in [-0.3, -0.25) is 14.9 Å². The molecule has 1 aliphatic rings. The average Bonchev–Trinajstić information content (AvgIpc) is 2.87. The fourth-order valence-corrected chi connectivity index (χ4v) is 2.94. The molecule has 7 nitrogen and oxygen atoms in total. The number of aliphatic carboxylic acids is 1. The lowest BCUT2D eigenvalue weighted by molar-refractivity contribution is -0.384. The quantitative estimate of drug-likeness (QED) is 0.667. The summed E-state index contributed by atoms with van der Waals surface area (Å²) in [7, 11) is 0. The van der Waals surface area contributed by atoms with Crippen molar-refractivity contribution < 1.29 is 24.0 Å². The molecule has 1 saturated heterocycles. The molecule has 1 heterocycles. The van der Waals surface area contributed by atoms with E-state index in [1.54, 1.807) is 0 Å². The second-order valence-corrected chi connectivity index (χ2v) is 5.05. The van der Waals surface area contributed by atoms with Crippen LogP contribution in [-0.2, 0) is 4.79 Å². The number of rotatable bonds is 3. The Hall–Kier alpha value is -2.16. The van der Waals surface area contributed by atoms with Crippen molar-refractivity contribution in [2.24, 2.45) is 0 Å². The summed E-state index contributed by atoms with van der Waals surface area (Å²) in [5.74, 6) is -2.64. The van der Waals surface area contributed by atoms with Crippen LogP contribution in [-0.4, -0.2) is 44.5 Å². The van der Waals surface area contributed by atoms with E-state index in [1.165, 1.54) is 11.8 Å². The maximum absolute atomic E-state index is 13.6. The lowest BCUT2D eigenvalue weighted by atomic mass is 10.1. The molecule has 0 unspecified atom stereocenters. The number of thioether (sulfide) groups is 1. The number of carboxylic acid groups (broad SMARTS) is 1. The minimum absolute atomic E-state index is 0.109. The number of benzene rings is 1. The number of nitro benzene ring substituents is 1. The minimum atomic E-state index is -1.19. The van der Waals surface area contributed by atoms with E-state index in [-0.39, 0.29) is 11.6 Å². The fourth-order valence-electron chi connectivity index (χ4n) is 1.79. The summed E-state index contributed by atoms with van der Waals surface area (Å²) >= 11 is 1.23. The van der Waals surface area contributed by atoms with Gasteiger partial charge in [0.2, 0.25) is 0 Å². The van der Waals surface area contributed by atoms with Crippen molar-refractivity contribution in [1.82, 2.24) is 4.90 Å². The lowest BCUT2D eigenvalue weighted by Gasteiger charge is -2.20. The predicted molar refractivity (Wildman–Crippen MR) is 68.0 cm³/mol. The van der Waals surface area contributed by atoms with E-state index in [0.717, 1.165) is 23.1 Å². The number of hydrogen-bond acceptors (Lipinski definition) is 5. The van der Waals surface area contributed by atoms with Gasteiger partial charge in [0.25, 0.3) is 11.6 Å². The molecule has 0 radical (unpaired) electrons. The van der Waals surface area contributed by atoms with Crippen molar-refractivity contribution in [3.8, 4) is 0 Å². The number of nitro groups is 1. The van der Waals surface area contributed by atoms with Crippen molar-refractivity contribution in [1.29, 1.82) is 0 Å². The highest BCUT2D eigenvalue weighted by atomic mass is 32.2. The summed E-state index contributed by atoms with van der Waals surface area (Å²) in [6, 6.07) is 1.54. The van der Waals surface area contributed by atoms with Crippen LogP contribution < -0.4 is 0 Å². The summed E-state index contributed by atoms with van der Waals surface area (Å²) in [6.45, 7) is 0. The normalized spacial score (nSPS) is 18.1. The zero-order valence-electron chi connectivity index (χ0n) is 9.98. The Morgan fingerprint density at radius 3 is 2.80 bits per heavy atom. The summed E-state index contributed by atoms with van der Waals surface area (Å²) in [5, 5.41) is 19.6. The minimum Gasteiger partial charge on any atom is -0.480 e. The van der Waals surface area contributed by atoms with E-state index < -0.39 is 39.9 Å². The number of hydrogen-bond donors (Lipinski definition) is 1. The molecule has 1 aromatic rings. The van der Waals surface area contributed by atoms with Gasteiger partial charge in [-0.1, -0.05) is 0 Å². The first-order chi connectivity index (χ1) is 9.41. The van der Waals surface area contributed by atoms with Gasteiger partial charge in [-0.25, -0.2) is 9.18 Å². The summed E-state index contributed by atoms with van der Waals surface area (Å²) in [5.41, 5.74) is -0.915. The molecule has 0 aliphatic carbocycles. The molecule has 1 aromatic carbocycles. The van der Waals surface area contributed by atoms with Crippen LogP contribution in [0.15, 0.2) is 18.2 Å². The molecular weight excluding hydrogens is 291 g/mol. The maximum atomic E-state index is 13.6. The summed E-state index contributed by atoms with van der Waals surface area (Å²) in [4.78, 5) is 34.0. The number of carbonyl (C=O) groups is 2. The highest BCUT2D eigenvalue weighted by Crippen LogP contribution is 2.25. The van der Waals surface area contributed by atoms with Crippen molar-refractivity contribution in [3.63, 3.8) is 0 Å². The molecular formula is C11H9FN2O5S. The van der Waals surface area contributed by atoms with Crippen LogP contribution in [0.5, 0.6) is 0 Å². The molecule has 0 saturated carbocycles. The summed E-state index contributed by atoms with van der Waals surface area (Å²) < 4.78 is 13.6. The third-order valence-electron chi connectivity index (χ3n) is 2.82. The van der Waals surface area contributed by atoms with E-state index >= 15 is 0 Å². The van der Waals surface area contributed by atoms with Crippen LogP contribution in [0.3, 0.4) is 0 Å². The molecule has 0 bridgehead atoms. The number of nitrogens with zero attached hydrogens (tertiary/aromatic N) is 2. The van der Waals surface area contributed by atoms with Gasteiger partial charge in [0.05, 0.1) is 16.4 Å². The third kappa shape index (κ3) is 2.57. The van der Waals surface area contributed by atoms with Gasteiger partial charge in [0.15, 0.2) is 0 Å². The van der Waals surface area contributed by atoms with Gasteiger partial charge < -0.3 is 10.0 Å². The summed E-state index contributed by atoms with van der Waals surface area (Å²) in [6.07, 6.45) is 0. The zero-order valence-corrected chi connectivity index (χ0v) is 10.8. The van der Waals surface area contributed by atoms with Gasteiger partial charge in [-0.15, -0.1) is 11.8 Å². The first kappa shape index (κ1) is 14.3. The molecule has 1 atom stereocenters. The molecule has 1 N–H and O–H groups in total. The van der Waals surface area contributed by atoms with Crippen molar-refractivity contribution >= 4 is 29.3 Å². The van der Waals surface area contributed by atoms with Crippen LogP contribution in [0, 0.1) is 15.9 Å². The van der Waals surface area contributed by atoms with E-state index in [0.29, 0.717) is 0 Å². The Morgan fingerprint density at radius 2 is 2.20 bits per heavy atom. The van der Waals surface area contributed by atoms with E-state index in [9.17, 15) is 24.1 Å². The van der Waals surface area contributed by atoms with Crippen LogP contribution >= 0.6 is 11.8 Å². The molecule has 1 amide bonds. The van der Waals surface area contributed by atoms with Gasteiger partial charge in [0.1, 0.15) is 11.9 Å².